The van der Waals surface area contributed by atoms with Crippen LogP contribution in [0.5, 0.6) is 23.0 Å². The molecule has 2 aromatic rings. The second-order valence-electron chi connectivity index (χ2n) is 7.30. The fourth-order valence-corrected chi connectivity index (χ4v) is 2.80. The number of ether oxygens (including phenoxy) is 4. The molecule has 0 aliphatic heterocycles. The number of carbonyl (C=O) groups excluding carboxylic acids is 6. The third-order valence-corrected chi connectivity index (χ3v) is 4.14. The summed E-state index contributed by atoms with van der Waals surface area (Å²) >= 11 is 0. The zero-order valence-electron chi connectivity index (χ0n) is 20.0. The van der Waals surface area contributed by atoms with Gasteiger partial charge in [0.1, 0.15) is 0 Å². The predicted octanol–water partition coefficient (Wildman–Crippen LogP) is 1.32. The molecule has 0 unspecified atom stereocenters. The van der Waals surface area contributed by atoms with E-state index in [2.05, 4.69) is 10.6 Å². The minimum Gasteiger partial charge on any atom is -0.423 e. The molecule has 0 aromatic heterocycles. The summed E-state index contributed by atoms with van der Waals surface area (Å²) in [5.41, 5.74) is 0.936. The first-order valence-corrected chi connectivity index (χ1v) is 10.5. The highest BCUT2D eigenvalue weighted by atomic mass is 16.6. The van der Waals surface area contributed by atoms with E-state index in [4.69, 9.17) is 18.9 Å². The summed E-state index contributed by atoms with van der Waals surface area (Å²) < 4.78 is 20.0. The fourth-order valence-electron chi connectivity index (χ4n) is 2.80. The Hall–Kier alpha value is -4.74. The lowest BCUT2D eigenvalue weighted by Gasteiger charge is -2.12. The fraction of sp³-hybridized carbons (Fsp3) is 0.250. The van der Waals surface area contributed by atoms with Gasteiger partial charge in [0.2, 0.25) is 0 Å². The van der Waals surface area contributed by atoms with Gasteiger partial charge < -0.3 is 29.6 Å². The first-order valence-electron chi connectivity index (χ1n) is 10.5. The third kappa shape index (κ3) is 8.89. The van der Waals surface area contributed by atoms with Crippen LogP contribution >= 0.6 is 0 Å². The molecule has 0 atom stereocenters. The van der Waals surface area contributed by atoms with Crippen LogP contribution in [0.4, 0.5) is 0 Å². The molecule has 0 aliphatic rings. The van der Waals surface area contributed by atoms with Crippen molar-refractivity contribution in [3.8, 4) is 23.0 Å². The molecule has 0 spiro atoms. The van der Waals surface area contributed by atoms with E-state index in [1.54, 1.807) is 0 Å². The van der Waals surface area contributed by atoms with E-state index in [9.17, 15) is 28.8 Å². The Bertz CT molecular complexity index is 1110. The SMILES string of the molecule is CC(=O)Oc1ccc(CNC(=O)C(=O)NCc2ccc(OC(C)=O)c(OC(C)=O)c2)cc1OC(C)=O. The second kappa shape index (κ2) is 12.6. The van der Waals surface area contributed by atoms with Gasteiger partial charge >= 0.3 is 35.7 Å². The monoisotopic (exact) mass is 500 g/mol. The molecule has 2 rings (SSSR count). The van der Waals surface area contributed by atoms with Crippen LogP contribution in [0, 0.1) is 0 Å². The Morgan fingerprint density at radius 2 is 0.833 bits per heavy atom. The number of esters is 4. The van der Waals surface area contributed by atoms with Crippen molar-refractivity contribution in [2.24, 2.45) is 0 Å². The molecular formula is C24H24N2O10. The summed E-state index contributed by atoms with van der Waals surface area (Å²) in [5.74, 6) is -4.36. The molecule has 0 radical (unpaired) electrons. The quantitative estimate of drug-likeness (QED) is 0.307. The normalized spacial score (nSPS) is 10.0. The molecule has 0 heterocycles. The smallest absolute Gasteiger partial charge is 0.309 e. The van der Waals surface area contributed by atoms with Gasteiger partial charge in [-0.3, -0.25) is 28.8 Å². The average Bonchev–Trinajstić information content (AvgIpc) is 2.77. The van der Waals surface area contributed by atoms with Crippen LogP contribution < -0.4 is 29.6 Å². The molecule has 0 aliphatic carbocycles. The van der Waals surface area contributed by atoms with Gasteiger partial charge in [0, 0.05) is 40.8 Å². The van der Waals surface area contributed by atoms with Crippen molar-refractivity contribution in [1.82, 2.24) is 10.6 Å². The van der Waals surface area contributed by atoms with Crippen molar-refractivity contribution in [1.29, 1.82) is 0 Å². The Morgan fingerprint density at radius 3 is 1.14 bits per heavy atom. The Morgan fingerprint density at radius 1 is 0.528 bits per heavy atom. The first kappa shape index (κ1) is 27.5. The van der Waals surface area contributed by atoms with Crippen LogP contribution in [0.3, 0.4) is 0 Å². The summed E-state index contributed by atoms with van der Waals surface area (Å²) in [6, 6.07) is 8.59. The summed E-state index contributed by atoms with van der Waals surface area (Å²) in [4.78, 5) is 69.4. The number of benzene rings is 2. The number of rotatable bonds is 8. The lowest BCUT2D eigenvalue weighted by atomic mass is 10.2. The van der Waals surface area contributed by atoms with Gasteiger partial charge in [0.05, 0.1) is 0 Å². The summed E-state index contributed by atoms with van der Waals surface area (Å²) in [5, 5.41) is 4.84. The minimum atomic E-state index is -0.940. The van der Waals surface area contributed by atoms with E-state index in [1.165, 1.54) is 64.1 Å². The second-order valence-corrected chi connectivity index (χ2v) is 7.30. The van der Waals surface area contributed by atoms with E-state index < -0.39 is 35.7 Å². The Labute approximate surface area is 205 Å². The van der Waals surface area contributed by atoms with Gasteiger partial charge in [-0.05, 0) is 35.4 Å². The Balaban J connectivity index is 2.00. The molecular weight excluding hydrogens is 476 g/mol. The minimum absolute atomic E-state index is 0.0188. The number of hydrogen-bond donors (Lipinski definition) is 2. The molecule has 0 saturated carbocycles. The van der Waals surface area contributed by atoms with Crippen LogP contribution in [0.15, 0.2) is 36.4 Å². The zero-order chi connectivity index (χ0) is 26.8. The van der Waals surface area contributed by atoms with Crippen LogP contribution in [0.1, 0.15) is 38.8 Å². The van der Waals surface area contributed by atoms with Gasteiger partial charge in [-0.25, -0.2) is 0 Å². The molecule has 2 amide bonds. The highest BCUT2D eigenvalue weighted by molar-refractivity contribution is 6.35. The lowest BCUT2D eigenvalue weighted by molar-refractivity contribution is -0.139. The van der Waals surface area contributed by atoms with Crippen molar-refractivity contribution in [3.63, 3.8) is 0 Å². The van der Waals surface area contributed by atoms with Gasteiger partial charge in [-0.15, -0.1) is 0 Å². The van der Waals surface area contributed by atoms with Crippen molar-refractivity contribution >= 4 is 35.7 Å². The number of carbonyl (C=O) groups is 6. The van der Waals surface area contributed by atoms with Crippen molar-refractivity contribution < 1.29 is 47.7 Å². The van der Waals surface area contributed by atoms with Crippen LogP contribution in [0.2, 0.25) is 0 Å². The van der Waals surface area contributed by atoms with Gasteiger partial charge in [-0.1, -0.05) is 12.1 Å². The maximum Gasteiger partial charge on any atom is 0.309 e. The third-order valence-electron chi connectivity index (χ3n) is 4.14. The largest absolute Gasteiger partial charge is 0.423 e. The maximum absolute atomic E-state index is 12.2. The highest BCUT2D eigenvalue weighted by Crippen LogP contribution is 2.30. The molecule has 0 saturated heterocycles. The molecule has 36 heavy (non-hydrogen) atoms. The van der Waals surface area contributed by atoms with Gasteiger partial charge in [0.15, 0.2) is 23.0 Å². The first-order chi connectivity index (χ1) is 16.9. The number of nitrogens with one attached hydrogen (secondary N) is 2. The molecule has 190 valence electrons. The van der Waals surface area contributed by atoms with E-state index >= 15 is 0 Å². The van der Waals surface area contributed by atoms with E-state index in [0.717, 1.165) is 0 Å². The Kier molecular flexibility index (Phi) is 9.66. The highest BCUT2D eigenvalue weighted by Gasteiger charge is 2.16. The van der Waals surface area contributed by atoms with E-state index in [-0.39, 0.29) is 36.1 Å². The van der Waals surface area contributed by atoms with Crippen LogP contribution in [0.25, 0.3) is 0 Å². The number of hydrogen-bond acceptors (Lipinski definition) is 10. The molecule has 0 bridgehead atoms. The molecule has 12 nitrogen and oxygen atoms in total. The van der Waals surface area contributed by atoms with E-state index in [1.807, 2.05) is 0 Å². The van der Waals surface area contributed by atoms with Crippen LogP contribution in [-0.4, -0.2) is 35.7 Å². The van der Waals surface area contributed by atoms with E-state index in [0.29, 0.717) is 11.1 Å². The molecule has 2 aromatic carbocycles. The average molecular weight is 500 g/mol. The maximum atomic E-state index is 12.2. The zero-order valence-corrected chi connectivity index (χ0v) is 20.0. The topological polar surface area (TPSA) is 163 Å². The van der Waals surface area contributed by atoms with Gasteiger partial charge in [-0.2, -0.15) is 0 Å². The molecule has 12 heteroatoms. The summed E-state index contributed by atoms with van der Waals surface area (Å²) in [7, 11) is 0. The summed E-state index contributed by atoms with van der Waals surface area (Å²) in [6.07, 6.45) is 0. The van der Waals surface area contributed by atoms with Crippen molar-refractivity contribution in [3.05, 3.63) is 47.5 Å². The standard InChI is InChI=1S/C24H24N2O10/c1-13(27)33-19-7-5-17(9-21(19)35-15(3)29)11-25-23(31)24(32)26-12-18-6-8-20(34-14(2)28)22(10-18)36-16(4)30/h5-10H,11-12H2,1-4H3,(H,25,31)(H,26,32). The van der Waals surface area contributed by atoms with Crippen molar-refractivity contribution in [2.75, 3.05) is 0 Å². The predicted molar refractivity (Wildman–Crippen MR) is 122 cm³/mol. The van der Waals surface area contributed by atoms with Gasteiger partial charge in [0.25, 0.3) is 0 Å². The molecule has 2 N–H and O–H groups in total. The van der Waals surface area contributed by atoms with Crippen molar-refractivity contribution in [2.45, 2.75) is 40.8 Å². The lowest BCUT2D eigenvalue weighted by Crippen LogP contribution is -2.39. The molecule has 0 fully saturated rings. The summed E-state index contributed by atoms with van der Waals surface area (Å²) in [6.45, 7) is 4.55. The van der Waals surface area contributed by atoms with Crippen LogP contribution in [-0.2, 0) is 41.9 Å². The number of amides is 2.